The number of nitrogen functional groups attached to an aromatic ring is 1. The fourth-order valence-electron chi connectivity index (χ4n) is 1.58. The Morgan fingerprint density at radius 1 is 1.31 bits per heavy atom. The third-order valence-corrected chi connectivity index (χ3v) is 2.73. The molecule has 0 saturated heterocycles. The van der Waals surface area contributed by atoms with Gasteiger partial charge in [-0.15, -0.1) is 0 Å². The van der Waals surface area contributed by atoms with Crippen molar-refractivity contribution in [2.75, 3.05) is 5.73 Å². The van der Waals surface area contributed by atoms with Crippen molar-refractivity contribution < 1.29 is 0 Å². The highest BCUT2D eigenvalue weighted by Crippen LogP contribution is 2.27. The summed E-state index contributed by atoms with van der Waals surface area (Å²) in [4.78, 5) is 11.4. The molecule has 2 rings (SSSR count). The third kappa shape index (κ3) is 1.82. The molecular weight excluding hydrogens is 224 g/mol. The van der Waals surface area contributed by atoms with Crippen LogP contribution in [0, 0.1) is 0 Å². The lowest BCUT2D eigenvalue weighted by molar-refractivity contribution is 0.866. The normalized spacial score (nSPS) is 10.4. The minimum Gasteiger partial charge on any atom is -0.394 e. The Hall–Kier alpha value is -1.74. The lowest BCUT2D eigenvalue weighted by Gasteiger charge is -2.07. The van der Waals surface area contributed by atoms with E-state index >= 15 is 0 Å². The Bertz CT molecular complexity index is 564. The molecule has 4 heteroatoms. The molecule has 16 heavy (non-hydrogen) atoms. The van der Waals surface area contributed by atoms with E-state index in [0.717, 1.165) is 11.1 Å². The smallest absolute Gasteiger partial charge is 0.273 e. The van der Waals surface area contributed by atoms with Gasteiger partial charge in [-0.1, -0.05) is 29.8 Å². The van der Waals surface area contributed by atoms with E-state index in [4.69, 9.17) is 17.3 Å². The van der Waals surface area contributed by atoms with Crippen molar-refractivity contribution in [1.29, 1.82) is 0 Å². The van der Waals surface area contributed by atoms with Crippen molar-refractivity contribution in [3.05, 3.63) is 51.9 Å². The van der Waals surface area contributed by atoms with Crippen LogP contribution in [0.5, 0.6) is 0 Å². The number of benzene rings is 1. The van der Waals surface area contributed by atoms with Crippen LogP contribution in [0.2, 0.25) is 5.02 Å². The summed E-state index contributed by atoms with van der Waals surface area (Å²) in [5.74, 6) is 0. The molecule has 1 aromatic carbocycles. The van der Waals surface area contributed by atoms with Crippen molar-refractivity contribution in [2.24, 2.45) is 7.05 Å². The molecule has 3 nitrogen and oxygen atoms in total. The van der Waals surface area contributed by atoms with Gasteiger partial charge in [-0.3, -0.25) is 4.79 Å². The monoisotopic (exact) mass is 234 g/mol. The molecule has 0 aliphatic heterocycles. The molecule has 2 N–H and O–H groups in total. The molecule has 1 aromatic heterocycles. The summed E-state index contributed by atoms with van der Waals surface area (Å²) < 4.78 is 1.45. The lowest BCUT2D eigenvalue weighted by atomic mass is 10.1. The summed E-state index contributed by atoms with van der Waals surface area (Å²) in [5, 5.41) is 0.639. The first-order chi connectivity index (χ1) is 7.59. The highest BCUT2D eigenvalue weighted by Gasteiger charge is 2.06. The van der Waals surface area contributed by atoms with Gasteiger partial charge in [-0.25, -0.2) is 0 Å². The molecule has 0 radical (unpaired) electrons. The fraction of sp³-hybridized carbons (Fsp3) is 0.0833. The minimum absolute atomic E-state index is 0.198. The van der Waals surface area contributed by atoms with Crippen molar-refractivity contribution in [1.82, 2.24) is 4.57 Å². The van der Waals surface area contributed by atoms with Crippen LogP contribution in [-0.2, 0) is 7.05 Å². The highest BCUT2D eigenvalue weighted by atomic mass is 35.5. The first-order valence-electron chi connectivity index (χ1n) is 4.80. The highest BCUT2D eigenvalue weighted by molar-refractivity contribution is 6.33. The summed E-state index contributed by atoms with van der Waals surface area (Å²) in [7, 11) is 1.67. The van der Waals surface area contributed by atoms with Gasteiger partial charge in [-0.05, 0) is 12.1 Å². The number of nitrogens with two attached hydrogens (primary N) is 1. The summed E-state index contributed by atoms with van der Waals surface area (Å²) in [5.41, 5.74) is 7.36. The molecule has 0 spiro atoms. The quantitative estimate of drug-likeness (QED) is 0.823. The number of halogens is 1. The Morgan fingerprint density at radius 2 is 2.00 bits per heavy atom. The van der Waals surface area contributed by atoms with Crippen LogP contribution in [0.1, 0.15) is 0 Å². The van der Waals surface area contributed by atoms with Gasteiger partial charge in [0.2, 0.25) is 0 Å². The second-order valence-electron chi connectivity index (χ2n) is 3.58. The first-order valence-corrected chi connectivity index (χ1v) is 5.18. The van der Waals surface area contributed by atoms with Crippen LogP contribution >= 0.6 is 11.6 Å². The van der Waals surface area contributed by atoms with E-state index in [1.807, 2.05) is 18.2 Å². The predicted molar refractivity (Wildman–Crippen MR) is 66.5 cm³/mol. The lowest BCUT2D eigenvalue weighted by Crippen LogP contribution is -2.19. The zero-order chi connectivity index (χ0) is 11.7. The van der Waals surface area contributed by atoms with E-state index in [0.29, 0.717) is 5.02 Å². The van der Waals surface area contributed by atoms with E-state index < -0.39 is 0 Å². The van der Waals surface area contributed by atoms with Gasteiger partial charge in [0.25, 0.3) is 5.56 Å². The fourth-order valence-corrected chi connectivity index (χ4v) is 1.82. The van der Waals surface area contributed by atoms with Crippen molar-refractivity contribution in [2.45, 2.75) is 0 Å². The molecule has 0 aliphatic carbocycles. The second kappa shape index (κ2) is 4.02. The zero-order valence-electron chi connectivity index (χ0n) is 8.77. The number of anilines is 1. The van der Waals surface area contributed by atoms with E-state index in [-0.39, 0.29) is 11.2 Å². The molecule has 0 fully saturated rings. The average molecular weight is 235 g/mol. The van der Waals surface area contributed by atoms with Crippen LogP contribution in [0.25, 0.3) is 11.1 Å². The van der Waals surface area contributed by atoms with Crippen LogP contribution in [0.3, 0.4) is 0 Å². The Balaban J connectivity index is 2.67. The van der Waals surface area contributed by atoms with E-state index in [9.17, 15) is 4.79 Å². The van der Waals surface area contributed by atoms with Gasteiger partial charge in [0, 0.05) is 29.4 Å². The van der Waals surface area contributed by atoms with Crippen LogP contribution in [0.15, 0.2) is 41.3 Å². The SMILES string of the molecule is Cn1cc(-c2ccccc2Cl)cc(N)c1=O. The standard InChI is InChI=1S/C12H11ClN2O/c1-15-7-8(6-11(14)12(15)16)9-4-2-3-5-10(9)13/h2-7H,14H2,1H3. The summed E-state index contributed by atoms with van der Waals surface area (Å²) >= 11 is 6.08. The van der Waals surface area contributed by atoms with Crippen molar-refractivity contribution in [3.63, 3.8) is 0 Å². The van der Waals surface area contributed by atoms with Gasteiger partial charge in [0.05, 0.1) is 5.69 Å². The van der Waals surface area contributed by atoms with Crippen LogP contribution < -0.4 is 11.3 Å². The predicted octanol–water partition coefficient (Wildman–Crippen LogP) is 2.29. The van der Waals surface area contributed by atoms with Gasteiger partial charge in [0.1, 0.15) is 0 Å². The Kier molecular flexibility index (Phi) is 2.71. The summed E-state index contributed by atoms with van der Waals surface area (Å²) in [6.45, 7) is 0. The number of aryl methyl sites for hydroxylation is 1. The Morgan fingerprint density at radius 3 is 2.62 bits per heavy atom. The number of rotatable bonds is 1. The molecular formula is C12H11ClN2O. The molecule has 0 aliphatic rings. The average Bonchev–Trinajstić information content (AvgIpc) is 2.26. The maximum atomic E-state index is 11.4. The number of aromatic nitrogens is 1. The molecule has 0 bridgehead atoms. The molecule has 82 valence electrons. The zero-order valence-corrected chi connectivity index (χ0v) is 9.53. The first kappa shape index (κ1) is 10.8. The van der Waals surface area contributed by atoms with E-state index in [1.54, 1.807) is 25.4 Å². The van der Waals surface area contributed by atoms with E-state index in [1.165, 1.54) is 4.57 Å². The summed E-state index contributed by atoms with van der Waals surface area (Å²) in [6, 6.07) is 9.09. The molecule has 2 aromatic rings. The molecule has 0 unspecified atom stereocenters. The molecule has 1 heterocycles. The van der Waals surface area contributed by atoms with E-state index in [2.05, 4.69) is 0 Å². The molecule has 0 saturated carbocycles. The van der Waals surface area contributed by atoms with Gasteiger partial charge in [-0.2, -0.15) is 0 Å². The second-order valence-corrected chi connectivity index (χ2v) is 3.99. The number of pyridine rings is 1. The Labute approximate surface area is 98.1 Å². The maximum Gasteiger partial charge on any atom is 0.273 e. The largest absolute Gasteiger partial charge is 0.394 e. The molecule has 0 atom stereocenters. The van der Waals surface area contributed by atoms with Crippen molar-refractivity contribution >= 4 is 17.3 Å². The maximum absolute atomic E-state index is 11.4. The topological polar surface area (TPSA) is 48.0 Å². The van der Waals surface area contributed by atoms with Gasteiger partial charge < -0.3 is 10.3 Å². The third-order valence-electron chi connectivity index (χ3n) is 2.40. The summed E-state index contributed by atoms with van der Waals surface area (Å²) in [6.07, 6.45) is 1.72. The molecule has 0 amide bonds. The van der Waals surface area contributed by atoms with Gasteiger partial charge in [0.15, 0.2) is 0 Å². The van der Waals surface area contributed by atoms with Crippen LogP contribution in [-0.4, -0.2) is 4.57 Å². The number of hydrogen-bond donors (Lipinski definition) is 1. The number of hydrogen-bond acceptors (Lipinski definition) is 2. The number of nitrogens with zero attached hydrogens (tertiary/aromatic N) is 1. The minimum atomic E-state index is -0.198. The van der Waals surface area contributed by atoms with Crippen molar-refractivity contribution in [3.8, 4) is 11.1 Å². The van der Waals surface area contributed by atoms with Gasteiger partial charge >= 0.3 is 0 Å². The van der Waals surface area contributed by atoms with Crippen LogP contribution in [0.4, 0.5) is 5.69 Å².